The summed E-state index contributed by atoms with van der Waals surface area (Å²) >= 11 is 0. The van der Waals surface area contributed by atoms with Crippen molar-refractivity contribution < 1.29 is 9.90 Å². The molecule has 0 amide bonds. The van der Waals surface area contributed by atoms with Gasteiger partial charge in [-0.05, 0) is 19.8 Å². The average Bonchev–Trinajstić information content (AvgIpc) is 2.60. The van der Waals surface area contributed by atoms with Gasteiger partial charge >= 0.3 is 0 Å². The van der Waals surface area contributed by atoms with Gasteiger partial charge in [0.25, 0.3) is 0 Å². The van der Waals surface area contributed by atoms with Gasteiger partial charge in [-0.2, -0.15) is 0 Å². The highest BCUT2D eigenvalue weighted by molar-refractivity contribution is 6.08. The number of ketones is 1. The maximum Gasteiger partial charge on any atom is 0.193 e. The quantitative estimate of drug-likeness (QED) is 0.572. The average molecular weight is 311 g/mol. The van der Waals surface area contributed by atoms with E-state index in [9.17, 15) is 4.79 Å². The van der Waals surface area contributed by atoms with Crippen LogP contribution in [-0.4, -0.2) is 17.0 Å². The summed E-state index contributed by atoms with van der Waals surface area (Å²) in [6, 6.07) is 18.6. The SMILES string of the molecule is CCCC[CH]CC(C)O.O=C(c1ccccc1)c1ccccc1. The van der Waals surface area contributed by atoms with Gasteiger partial charge < -0.3 is 5.11 Å². The highest BCUT2D eigenvalue weighted by atomic mass is 16.3. The lowest BCUT2D eigenvalue weighted by Crippen LogP contribution is -1.99. The van der Waals surface area contributed by atoms with E-state index < -0.39 is 0 Å². The molecule has 1 unspecified atom stereocenters. The number of carbonyl (C=O) groups excluding carboxylic acids is 1. The Morgan fingerprint density at radius 2 is 1.48 bits per heavy atom. The molecule has 1 N–H and O–H groups in total. The smallest absolute Gasteiger partial charge is 0.193 e. The molecular weight excluding hydrogens is 284 g/mol. The zero-order valence-electron chi connectivity index (χ0n) is 14.1. The van der Waals surface area contributed by atoms with E-state index in [0.29, 0.717) is 0 Å². The lowest BCUT2D eigenvalue weighted by atomic mass is 10.0. The summed E-state index contributed by atoms with van der Waals surface area (Å²) in [5.74, 6) is 0.0752. The zero-order chi connectivity index (χ0) is 16.9. The Morgan fingerprint density at radius 3 is 1.87 bits per heavy atom. The number of benzene rings is 2. The number of unbranched alkanes of at least 4 members (excludes halogenated alkanes) is 3. The molecular formula is C21H27O2. The van der Waals surface area contributed by atoms with Crippen LogP contribution in [0.15, 0.2) is 60.7 Å². The van der Waals surface area contributed by atoms with Crippen molar-refractivity contribution >= 4 is 5.78 Å². The van der Waals surface area contributed by atoms with E-state index in [1.807, 2.05) is 67.6 Å². The number of hydrogen-bond donors (Lipinski definition) is 1. The Hall–Kier alpha value is -1.93. The van der Waals surface area contributed by atoms with E-state index in [2.05, 4.69) is 13.3 Å². The van der Waals surface area contributed by atoms with Crippen molar-refractivity contribution in [3.8, 4) is 0 Å². The van der Waals surface area contributed by atoms with Crippen molar-refractivity contribution in [1.82, 2.24) is 0 Å². The van der Waals surface area contributed by atoms with Crippen LogP contribution in [0, 0.1) is 6.42 Å². The monoisotopic (exact) mass is 311 g/mol. The Balaban J connectivity index is 0.000000257. The molecule has 1 radical (unpaired) electrons. The maximum absolute atomic E-state index is 11.8. The van der Waals surface area contributed by atoms with Crippen molar-refractivity contribution in [2.24, 2.45) is 0 Å². The Bertz CT molecular complexity index is 491. The highest BCUT2D eigenvalue weighted by Gasteiger charge is 2.06. The first kappa shape index (κ1) is 19.1. The summed E-state index contributed by atoms with van der Waals surface area (Å²) in [7, 11) is 0. The van der Waals surface area contributed by atoms with Crippen LogP contribution in [0.3, 0.4) is 0 Å². The lowest BCUT2D eigenvalue weighted by Gasteiger charge is -2.00. The van der Waals surface area contributed by atoms with Gasteiger partial charge in [0.2, 0.25) is 0 Å². The van der Waals surface area contributed by atoms with Gasteiger partial charge in [0, 0.05) is 11.1 Å². The topological polar surface area (TPSA) is 37.3 Å². The molecule has 2 heteroatoms. The number of hydrogen-bond acceptors (Lipinski definition) is 2. The molecule has 23 heavy (non-hydrogen) atoms. The fourth-order valence-electron chi connectivity index (χ4n) is 2.05. The Labute approximate surface area is 140 Å². The Kier molecular flexibility index (Phi) is 9.65. The van der Waals surface area contributed by atoms with E-state index in [0.717, 1.165) is 24.0 Å². The summed E-state index contributed by atoms with van der Waals surface area (Å²) in [6.45, 7) is 4.00. The molecule has 0 saturated carbocycles. The van der Waals surface area contributed by atoms with Crippen LogP contribution in [0.1, 0.15) is 55.5 Å². The number of aliphatic hydroxyl groups excluding tert-OH is 1. The van der Waals surface area contributed by atoms with E-state index in [1.165, 1.54) is 12.8 Å². The maximum atomic E-state index is 11.8. The van der Waals surface area contributed by atoms with Gasteiger partial charge in [0.1, 0.15) is 0 Å². The minimum Gasteiger partial charge on any atom is -0.393 e. The van der Waals surface area contributed by atoms with E-state index in [-0.39, 0.29) is 11.9 Å². The van der Waals surface area contributed by atoms with E-state index in [1.54, 1.807) is 0 Å². The molecule has 0 aliphatic rings. The predicted octanol–water partition coefficient (Wildman–Crippen LogP) is 5.07. The van der Waals surface area contributed by atoms with Crippen molar-refractivity contribution in [3.63, 3.8) is 0 Å². The molecule has 0 aliphatic heterocycles. The first-order valence-electron chi connectivity index (χ1n) is 8.29. The van der Waals surface area contributed by atoms with E-state index in [4.69, 9.17) is 5.11 Å². The van der Waals surface area contributed by atoms with Gasteiger partial charge in [-0.15, -0.1) is 0 Å². The minimum absolute atomic E-state index is 0.0752. The van der Waals surface area contributed by atoms with Gasteiger partial charge in [0.05, 0.1) is 6.10 Å². The van der Waals surface area contributed by atoms with Gasteiger partial charge in [-0.25, -0.2) is 0 Å². The third kappa shape index (κ3) is 8.32. The molecule has 0 spiro atoms. The van der Waals surface area contributed by atoms with Crippen LogP contribution < -0.4 is 0 Å². The first-order valence-corrected chi connectivity index (χ1v) is 8.29. The fourth-order valence-corrected chi connectivity index (χ4v) is 2.05. The summed E-state index contributed by atoms with van der Waals surface area (Å²) < 4.78 is 0. The van der Waals surface area contributed by atoms with Crippen molar-refractivity contribution in [2.75, 3.05) is 0 Å². The number of rotatable bonds is 7. The van der Waals surface area contributed by atoms with Gasteiger partial charge in [-0.3, -0.25) is 4.79 Å². The summed E-state index contributed by atoms with van der Waals surface area (Å²) in [5, 5.41) is 8.82. The molecule has 0 fully saturated rings. The molecule has 0 bridgehead atoms. The Morgan fingerprint density at radius 1 is 1.00 bits per heavy atom. The molecule has 0 aromatic heterocycles. The van der Waals surface area contributed by atoms with Gasteiger partial charge in [-0.1, -0.05) is 86.8 Å². The molecule has 2 aromatic carbocycles. The second-order valence-corrected chi connectivity index (χ2v) is 5.58. The van der Waals surface area contributed by atoms with Crippen LogP contribution in [0.4, 0.5) is 0 Å². The van der Waals surface area contributed by atoms with Crippen molar-refractivity contribution in [3.05, 3.63) is 78.2 Å². The molecule has 0 saturated heterocycles. The predicted molar refractivity (Wildman–Crippen MR) is 96.4 cm³/mol. The zero-order valence-corrected chi connectivity index (χ0v) is 14.1. The molecule has 0 aliphatic carbocycles. The van der Waals surface area contributed by atoms with Gasteiger partial charge in [0.15, 0.2) is 5.78 Å². The van der Waals surface area contributed by atoms with E-state index >= 15 is 0 Å². The summed E-state index contributed by atoms with van der Waals surface area (Å²) in [6.07, 6.45) is 6.51. The normalized spacial score (nSPS) is 11.3. The van der Waals surface area contributed by atoms with Crippen LogP contribution in [0.25, 0.3) is 0 Å². The molecule has 123 valence electrons. The number of carbonyl (C=O) groups is 1. The second-order valence-electron chi connectivity index (χ2n) is 5.58. The second kappa shape index (κ2) is 11.6. The highest BCUT2D eigenvalue weighted by Crippen LogP contribution is 2.08. The molecule has 2 nitrogen and oxygen atoms in total. The largest absolute Gasteiger partial charge is 0.393 e. The summed E-state index contributed by atoms with van der Waals surface area (Å²) in [5.41, 5.74) is 1.47. The summed E-state index contributed by atoms with van der Waals surface area (Å²) in [4.78, 5) is 11.8. The van der Waals surface area contributed by atoms with Crippen LogP contribution in [0.5, 0.6) is 0 Å². The van der Waals surface area contributed by atoms with Crippen molar-refractivity contribution in [1.29, 1.82) is 0 Å². The fraction of sp³-hybridized carbons (Fsp3) is 0.333. The lowest BCUT2D eigenvalue weighted by molar-refractivity contribution is 0.103. The molecule has 1 atom stereocenters. The van der Waals surface area contributed by atoms with Crippen molar-refractivity contribution in [2.45, 2.75) is 45.6 Å². The third-order valence-electron chi connectivity index (χ3n) is 3.34. The number of aliphatic hydroxyl groups is 1. The third-order valence-corrected chi connectivity index (χ3v) is 3.34. The van der Waals surface area contributed by atoms with Crippen LogP contribution >= 0.6 is 0 Å². The molecule has 2 aromatic rings. The molecule has 2 rings (SSSR count). The standard InChI is InChI=1S/C13H10O.C8H17O/c14-13(11-7-3-1-4-8-11)12-9-5-2-6-10-12;1-3-4-5-6-7-8(2)9/h1-10H;6,8-9H,3-5,7H2,1-2H3. The first-order chi connectivity index (χ1) is 11.1. The van der Waals surface area contributed by atoms with Crippen LogP contribution in [0.2, 0.25) is 0 Å². The minimum atomic E-state index is -0.151. The van der Waals surface area contributed by atoms with Crippen LogP contribution in [-0.2, 0) is 0 Å². The molecule has 0 heterocycles.